The fraction of sp³-hybridized carbons (Fsp3) is 0. The molecule has 9 nitrogen and oxygen atoms in total. The minimum Gasteiger partial charge on any atom is -0.478 e. The first-order valence-electron chi connectivity index (χ1n) is 10.2. The van der Waals surface area contributed by atoms with E-state index >= 15 is 0 Å². The van der Waals surface area contributed by atoms with Gasteiger partial charge in [-0.2, -0.15) is 0 Å². The molecule has 0 saturated carbocycles. The molecule has 1 N–H and O–H groups in total. The van der Waals surface area contributed by atoms with E-state index in [1.165, 1.54) is 48.5 Å². The number of hydrogen-bond donors (Lipinski definition) is 1. The minimum absolute atomic E-state index is 0.00987. The number of carboxylic acid groups (broad SMARTS) is 1. The van der Waals surface area contributed by atoms with Gasteiger partial charge in [-0.1, -0.05) is 35.9 Å². The van der Waals surface area contributed by atoms with Gasteiger partial charge in [0.05, 0.1) is 21.2 Å². The van der Waals surface area contributed by atoms with E-state index in [9.17, 15) is 29.6 Å². The van der Waals surface area contributed by atoms with E-state index in [4.69, 9.17) is 16.3 Å². The highest BCUT2D eigenvalue weighted by molar-refractivity contribution is 6.37. The number of carboxylic acids is 1. The summed E-state index contributed by atoms with van der Waals surface area (Å²) in [5.41, 5.74) is -0.0381. The smallest absolute Gasteiger partial charge is 0.337 e. The van der Waals surface area contributed by atoms with Crippen molar-refractivity contribution in [2.45, 2.75) is 0 Å². The second-order valence-electron chi connectivity index (χ2n) is 7.58. The lowest BCUT2D eigenvalue weighted by Gasteiger charge is -2.28. The molecule has 172 valence electrons. The van der Waals surface area contributed by atoms with E-state index in [0.29, 0.717) is 10.8 Å². The molecule has 0 radical (unpaired) electrons. The van der Waals surface area contributed by atoms with Crippen LogP contribution in [0.3, 0.4) is 0 Å². The van der Waals surface area contributed by atoms with E-state index in [1.54, 1.807) is 18.2 Å². The molecular formula is C25H13ClN2O7. The van der Waals surface area contributed by atoms with Crippen LogP contribution in [0.4, 0.5) is 11.4 Å². The van der Waals surface area contributed by atoms with Crippen LogP contribution in [-0.2, 0) is 0 Å². The number of amides is 2. The Bertz CT molecular complexity index is 1580. The van der Waals surface area contributed by atoms with Gasteiger partial charge in [0.2, 0.25) is 5.75 Å². The summed E-state index contributed by atoms with van der Waals surface area (Å²) >= 11 is 5.94. The van der Waals surface area contributed by atoms with Crippen LogP contribution in [0.25, 0.3) is 10.8 Å². The SMILES string of the molecule is O=C(O)c1cc(N2C(=O)c3cccc4c(Oc5ccccc5[N+](=O)[O-])ccc(c34)C2=O)ccc1Cl. The zero-order valence-electron chi connectivity index (χ0n) is 17.6. The van der Waals surface area contributed by atoms with Gasteiger partial charge in [-0.05, 0) is 42.5 Å². The molecule has 35 heavy (non-hydrogen) atoms. The van der Waals surface area contributed by atoms with E-state index in [0.717, 1.165) is 11.0 Å². The van der Waals surface area contributed by atoms with Crippen molar-refractivity contribution in [2.75, 3.05) is 4.90 Å². The van der Waals surface area contributed by atoms with Crippen LogP contribution in [-0.4, -0.2) is 27.8 Å². The molecule has 4 aromatic carbocycles. The Hall–Kier alpha value is -4.76. The van der Waals surface area contributed by atoms with Crippen molar-refractivity contribution in [3.63, 3.8) is 0 Å². The predicted molar refractivity (Wildman–Crippen MR) is 127 cm³/mol. The maximum Gasteiger partial charge on any atom is 0.337 e. The molecule has 0 aromatic heterocycles. The lowest BCUT2D eigenvalue weighted by Crippen LogP contribution is -2.40. The number of hydrogen-bond acceptors (Lipinski definition) is 6. The van der Waals surface area contributed by atoms with Crippen LogP contribution in [0.5, 0.6) is 11.5 Å². The fourth-order valence-electron chi connectivity index (χ4n) is 4.02. The van der Waals surface area contributed by atoms with Crippen molar-refractivity contribution >= 4 is 51.5 Å². The van der Waals surface area contributed by atoms with Crippen molar-refractivity contribution < 1.29 is 29.2 Å². The molecule has 0 fully saturated rings. The Balaban J connectivity index is 1.64. The first-order chi connectivity index (χ1) is 16.8. The maximum absolute atomic E-state index is 13.4. The van der Waals surface area contributed by atoms with Crippen LogP contribution in [0.1, 0.15) is 31.1 Å². The molecule has 0 saturated heterocycles. The summed E-state index contributed by atoms with van der Waals surface area (Å²) in [6.45, 7) is 0. The molecular weight excluding hydrogens is 476 g/mol. The number of imide groups is 1. The number of carbonyl (C=O) groups is 3. The molecule has 1 aliphatic heterocycles. The van der Waals surface area contributed by atoms with Gasteiger partial charge in [-0.3, -0.25) is 19.7 Å². The van der Waals surface area contributed by atoms with Crippen LogP contribution >= 0.6 is 11.6 Å². The van der Waals surface area contributed by atoms with E-state index in [-0.39, 0.29) is 44.6 Å². The zero-order chi connectivity index (χ0) is 24.9. The average Bonchev–Trinajstić information content (AvgIpc) is 2.84. The molecule has 10 heteroatoms. The van der Waals surface area contributed by atoms with Crippen molar-refractivity contribution in [1.82, 2.24) is 0 Å². The normalized spacial score (nSPS) is 12.7. The van der Waals surface area contributed by atoms with Crippen molar-refractivity contribution in [1.29, 1.82) is 0 Å². The van der Waals surface area contributed by atoms with Crippen LogP contribution in [0.2, 0.25) is 5.02 Å². The topological polar surface area (TPSA) is 127 Å². The Morgan fingerprint density at radius 3 is 2.34 bits per heavy atom. The van der Waals surface area contributed by atoms with Gasteiger partial charge >= 0.3 is 11.7 Å². The average molecular weight is 489 g/mol. The number of para-hydroxylation sites is 2. The van der Waals surface area contributed by atoms with Gasteiger partial charge < -0.3 is 9.84 Å². The lowest BCUT2D eigenvalue weighted by molar-refractivity contribution is -0.385. The Morgan fingerprint density at radius 2 is 1.63 bits per heavy atom. The third kappa shape index (κ3) is 3.54. The van der Waals surface area contributed by atoms with Crippen molar-refractivity contribution in [3.05, 3.63) is 105 Å². The highest BCUT2D eigenvalue weighted by Gasteiger charge is 2.35. The molecule has 1 heterocycles. The molecule has 1 aliphatic rings. The Kier molecular flexibility index (Phi) is 5.18. The highest BCUT2D eigenvalue weighted by Crippen LogP contribution is 2.40. The predicted octanol–water partition coefficient (Wildman–Crippen LogP) is 5.69. The van der Waals surface area contributed by atoms with Gasteiger partial charge in [0.1, 0.15) is 5.75 Å². The number of nitro benzene ring substituents is 1. The monoisotopic (exact) mass is 488 g/mol. The molecule has 0 spiro atoms. The third-order valence-corrected chi connectivity index (χ3v) is 5.92. The number of rotatable bonds is 5. The number of benzene rings is 4. The van der Waals surface area contributed by atoms with Crippen molar-refractivity contribution in [3.8, 4) is 11.5 Å². The third-order valence-electron chi connectivity index (χ3n) is 5.59. The minimum atomic E-state index is -1.30. The molecule has 0 atom stereocenters. The van der Waals surface area contributed by atoms with Gasteiger partial charge in [0.25, 0.3) is 11.8 Å². The molecule has 0 aliphatic carbocycles. The first kappa shape index (κ1) is 22.1. The molecule has 0 unspecified atom stereocenters. The fourth-order valence-corrected chi connectivity index (χ4v) is 4.22. The molecule has 2 amide bonds. The number of ether oxygens (including phenoxy) is 1. The second kappa shape index (κ2) is 8.23. The maximum atomic E-state index is 13.4. The quantitative estimate of drug-likeness (QED) is 0.217. The van der Waals surface area contributed by atoms with Gasteiger partial charge in [-0.15, -0.1) is 0 Å². The standard InChI is InChI=1S/C25H13ClN2O7/c26-18-10-8-13(12-17(18)25(31)32)27-23(29)15-5-3-4-14-20(11-9-16(22(14)15)24(27)30)35-21-7-2-1-6-19(21)28(33)34/h1-12H,(H,31,32). The van der Waals surface area contributed by atoms with Crippen LogP contribution < -0.4 is 9.64 Å². The lowest BCUT2D eigenvalue weighted by atomic mass is 9.93. The number of aromatic carboxylic acids is 1. The van der Waals surface area contributed by atoms with Crippen LogP contribution in [0.15, 0.2) is 72.8 Å². The number of halogens is 1. The number of anilines is 1. The van der Waals surface area contributed by atoms with Gasteiger partial charge in [0.15, 0.2) is 0 Å². The summed E-state index contributed by atoms with van der Waals surface area (Å²) in [4.78, 5) is 50.0. The summed E-state index contributed by atoms with van der Waals surface area (Å²) in [7, 11) is 0. The van der Waals surface area contributed by atoms with Crippen molar-refractivity contribution in [2.24, 2.45) is 0 Å². The van der Waals surface area contributed by atoms with E-state index in [1.807, 2.05) is 0 Å². The number of nitrogens with zero attached hydrogens (tertiary/aromatic N) is 2. The van der Waals surface area contributed by atoms with Crippen LogP contribution in [0, 0.1) is 10.1 Å². The Morgan fingerprint density at radius 1 is 0.914 bits per heavy atom. The highest BCUT2D eigenvalue weighted by atomic mass is 35.5. The van der Waals surface area contributed by atoms with E-state index < -0.39 is 22.7 Å². The second-order valence-corrected chi connectivity index (χ2v) is 7.99. The van der Waals surface area contributed by atoms with Gasteiger partial charge in [0, 0.05) is 28.0 Å². The summed E-state index contributed by atoms with van der Waals surface area (Å²) in [5.74, 6) is -2.37. The molecule has 4 aromatic rings. The first-order valence-corrected chi connectivity index (χ1v) is 10.5. The summed E-state index contributed by atoms with van der Waals surface area (Å²) in [6.07, 6.45) is 0. The Labute approximate surface area is 201 Å². The number of carbonyl (C=O) groups excluding carboxylic acids is 2. The van der Waals surface area contributed by atoms with E-state index in [2.05, 4.69) is 0 Å². The molecule has 5 rings (SSSR count). The zero-order valence-corrected chi connectivity index (χ0v) is 18.4. The van der Waals surface area contributed by atoms with Gasteiger partial charge in [-0.25, -0.2) is 9.69 Å². The summed E-state index contributed by atoms with van der Waals surface area (Å²) in [5, 5.41) is 21.5. The summed E-state index contributed by atoms with van der Waals surface area (Å²) in [6, 6.07) is 17.5. The number of nitro groups is 1. The largest absolute Gasteiger partial charge is 0.478 e. The summed E-state index contributed by atoms with van der Waals surface area (Å²) < 4.78 is 5.84. The molecule has 0 bridgehead atoms.